The Hall–Kier alpha value is -0.300. The predicted molar refractivity (Wildman–Crippen MR) is 40.2 cm³/mol. The van der Waals surface area contributed by atoms with Crippen LogP contribution in [0.2, 0.25) is 0 Å². The zero-order chi connectivity index (χ0) is 6.69. The monoisotopic (exact) mass is 125 g/mol. The molecule has 0 saturated carbocycles. The van der Waals surface area contributed by atoms with Gasteiger partial charge in [0.05, 0.1) is 0 Å². The van der Waals surface area contributed by atoms with Crippen LogP contribution in [0.15, 0.2) is 11.6 Å². The van der Waals surface area contributed by atoms with Crippen molar-refractivity contribution < 1.29 is 0 Å². The molecule has 0 aromatic carbocycles. The van der Waals surface area contributed by atoms with Gasteiger partial charge in [0, 0.05) is 0 Å². The molecule has 0 spiro atoms. The van der Waals surface area contributed by atoms with Crippen LogP contribution in [-0.4, -0.2) is 6.54 Å². The minimum Gasteiger partial charge on any atom is -0.330 e. The Morgan fingerprint density at radius 2 is 2.22 bits per heavy atom. The molecule has 1 heteroatoms. The van der Waals surface area contributed by atoms with E-state index in [0.29, 0.717) is 0 Å². The Kier molecular flexibility index (Phi) is 2.29. The summed E-state index contributed by atoms with van der Waals surface area (Å²) in [6.07, 6.45) is 6.16. The number of hydrogen-bond acceptors (Lipinski definition) is 1. The van der Waals surface area contributed by atoms with Gasteiger partial charge in [0.1, 0.15) is 0 Å². The predicted octanol–water partition coefficient (Wildman–Crippen LogP) is 1.69. The fourth-order valence-corrected chi connectivity index (χ4v) is 1.09. The molecule has 0 aliphatic heterocycles. The first kappa shape index (κ1) is 6.81. The summed E-state index contributed by atoms with van der Waals surface area (Å²) in [5.74, 6) is 0.858. The van der Waals surface area contributed by atoms with Crippen LogP contribution in [0.5, 0.6) is 0 Å². The van der Waals surface area contributed by atoms with Crippen molar-refractivity contribution in [3.05, 3.63) is 11.6 Å². The van der Waals surface area contributed by atoms with Crippen LogP contribution in [-0.2, 0) is 0 Å². The van der Waals surface area contributed by atoms with Gasteiger partial charge in [-0.25, -0.2) is 0 Å². The maximum absolute atomic E-state index is 5.35. The number of unbranched alkanes of at least 4 members (excludes halogenated alkanes) is 1. The lowest BCUT2D eigenvalue weighted by molar-refractivity contribution is 0.652. The summed E-state index contributed by atoms with van der Waals surface area (Å²) in [5.41, 5.74) is 6.93. The zero-order valence-electron chi connectivity index (χ0n) is 6.06. The molecule has 0 amide bonds. The van der Waals surface area contributed by atoms with E-state index in [1.807, 2.05) is 0 Å². The first-order chi connectivity index (χ1) is 4.34. The second-order valence-corrected chi connectivity index (χ2v) is 2.80. The van der Waals surface area contributed by atoms with Crippen LogP contribution < -0.4 is 5.73 Å². The van der Waals surface area contributed by atoms with Gasteiger partial charge in [-0.05, 0) is 32.2 Å². The Morgan fingerprint density at radius 1 is 1.56 bits per heavy atom. The van der Waals surface area contributed by atoms with Crippen LogP contribution in [0.3, 0.4) is 0 Å². The van der Waals surface area contributed by atoms with Crippen LogP contribution in [0.25, 0.3) is 0 Å². The van der Waals surface area contributed by atoms with Crippen molar-refractivity contribution in [2.24, 2.45) is 11.7 Å². The third-order valence-electron chi connectivity index (χ3n) is 1.91. The molecule has 1 rings (SSSR count). The highest BCUT2D eigenvalue weighted by atomic mass is 14.5. The quantitative estimate of drug-likeness (QED) is 0.449. The second-order valence-electron chi connectivity index (χ2n) is 2.80. The third kappa shape index (κ3) is 2.19. The minimum atomic E-state index is 0.853. The Balaban J connectivity index is 1.85. The van der Waals surface area contributed by atoms with Crippen LogP contribution >= 0.6 is 0 Å². The molecule has 0 saturated heterocycles. The van der Waals surface area contributed by atoms with E-state index in [0.717, 1.165) is 12.5 Å². The normalized spacial score (nSPS) is 23.8. The molecule has 0 aromatic rings. The highest BCUT2D eigenvalue weighted by molar-refractivity contribution is 5.26. The number of allylic oxidation sites excluding steroid dienone is 2. The van der Waals surface area contributed by atoms with E-state index >= 15 is 0 Å². The summed E-state index contributed by atoms with van der Waals surface area (Å²) in [6.45, 7) is 3.05. The van der Waals surface area contributed by atoms with Gasteiger partial charge in [0.25, 0.3) is 0 Å². The Morgan fingerprint density at radius 3 is 2.67 bits per heavy atom. The molecule has 52 valence electrons. The highest BCUT2D eigenvalue weighted by Crippen LogP contribution is 2.32. The molecule has 1 aliphatic rings. The molecule has 0 fully saturated rings. The molecule has 1 atom stereocenters. The van der Waals surface area contributed by atoms with E-state index in [2.05, 4.69) is 13.0 Å². The smallest absolute Gasteiger partial charge is 0.00230 e. The van der Waals surface area contributed by atoms with Gasteiger partial charge in [-0.15, -0.1) is 0 Å². The van der Waals surface area contributed by atoms with Crippen molar-refractivity contribution in [3.63, 3.8) is 0 Å². The molecular formula is C8H15N. The SMILES string of the molecule is CC1=CC1CCCCN. The van der Waals surface area contributed by atoms with Crippen LogP contribution in [0, 0.1) is 5.92 Å². The average molecular weight is 125 g/mol. The van der Waals surface area contributed by atoms with Crippen molar-refractivity contribution >= 4 is 0 Å². The minimum absolute atomic E-state index is 0.853. The Bertz CT molecular complexity index is 116. The fraction of sp³-hybridized carbons (Fsp3) is 0.750. The van der Waals surface area contributed by atoms with Crippen molar-refractivity contribution in [1.82, 2.24) is 0 Å². The van der Waals surface area contributed by atoms with Crippen LogP contribution in [0.1, 0.15) is 26.2 Å². The summed E-state index contributed by atoms with van der Waals surface area (Å²) in [5, 5.41) is 0. The number of rotatable bonds is 4. The molecular weight excluding hydrogens is 110 g/mol. The molecule has 0 radical (unpaired) electrons. The van der Waals surface area contributed by atoms with Gasteiger partial charge in [0.2, 0.25) is 0 Å². The third-order valence-corrected chi connectivity index (χ3v) is 1.91. The van der Waals surface area contributed by atoms with Gasteiger partial charge < -0.3 is 5.73 Å². The Labute approximate surface area is 56.9 Å². The van der Waals surface area contributed by atoms with Crippen LogP contribution in [0.4, 0.5) is 0 Å². The molecule has 1 aliphatic carbocycles. The number of nitrogens with two attached hydrogens (primary N) is 1. The van der Waals surface area contributed by atoms with E-state index in [1.165, 1.54) is 19.3 Å². The zero-order valence-corrected chi connectivity index (χ0v) is 6.06. The van der Waals surface area contributed by atoms with Gasteiger partial charge >= 0.3 is 0 Å². The van der Waals surface area contributed by atoms with Crippen molar-refractivity contribution in [3.8, 4) is 0 Å². The summed E-state index contributed by atoms with van der Waals surface area (Å²) in [6, 6.07) is 0. The van der Waals surface area contributed by atoms with E-state index in [4.69, 9.17) is 5.73 Å². The maximum atomic E-state index is 5.35. The molecule has 2 N–H and O–H groups in total. The van der Waals surface area contributed by atoms with Gasteiger partial charge in [-0.3, -0.25) is 0 Å². The lowest BCUT2D eigenvalue weighted by atomic mass is 10.1. The molecule has 0 aromatic heterocycles. The highest BCUT2D eigenvalue weighted by Gasteiger charge is 2.17. The first-order valence-electron chi connectivity index (χ1n) is 3.73. The van der Waals surface area contributed by atoms with E-state index in [1.54, 1.807) is 5.57 Å². The van der Waals surface area contributed by atoms with Gasteiger partial charge in [-0.1, -0.05) is 18.1 Å². The standard InChI is InChI=1S/C8H15N/c1-7-6-8(7)4-2-3-5-9/h6,8H,2-5,9H2,1H3. The second kappa shape index (κ2) is 3.02. The van der Waals surface area contributed by atoms with Crippen molar-refractivity contribution in [2.75, 3.05) is 6.54 Å². The van der Waals surface area contributed by atoms with Crippen molar-refractivity contribution in [1.29, 1.82) is 0 Å². The lowest BCUT2D eigenvalue weighted by Gasteiger charge is -1.95. The molecule has 0 bridgehead atoms. The van der Waals surface area contributed by atoms with E-state index < -0.39 is 0 Å². The summed E-state index contributed by atoms with van der Waals surface area (Å²) >= 11 is 0. The van der Waals surface area contributed by atoms with E-state index in [9.17, 15) is 0 Å². The van der Waals surface area contributed by atoms with Gasteiger partial charge in [-0.2, -0.15) is 0 Å². The summed E-state index contributed by atoms with van der Waals surface area (Å²) in [7, 11) is 0. The summed E-state index contributed by atoms with van der Waals surface area (Å²) in [4.78, 5) is 0. The largest absolute Gasteiger partial charge is 0.330 e. The van der Waals surface area contributed by atoms with E-state index in [-0.39, 0.29) is 0 Å². The molecule has 9 heavy (non-hydrogen) atoms. The van der Waals surface area contributed by atoms with Gasteiger partial charge in [0.15, 0.2) is 0 Å². The lowest BCUT2D eigenvalue weighted by Crippen LogP contribution is -1.98. The average Bonchev–Trinajstić information content (AvgIpc) is 2.48. The fourth-order valence-electron chi connectivity index (χ4n) is 1.09. The topological polar surface area (TPSA) is 26.0 Å². The summed E-state index contributed by atoms with van der Waals surface area (Å²) < 4.78 is 0. The molecule has 1 unspecified atom stereocenters. The number of hydrogen-bond donors (Lipinski definition) is 1. The molecule has 0 heterocycles. The molecule has 1 nitrogen and oxygen atoms in total. The first-order valence-corrected chi connectivity index (χ1v) is 3.73. The maximum Gasteiger partial charge on any atom is -0.00230 e. The van der Waals surface area contributed by atoms with Crippen molar-refractivity contribution in [2.45, 2.75) is 26.2 Å².